The number of carbonyl (C=O) groups is 1. The maximum atomic E-state index is 13.4. The van der Waals surface area contributed by atoms with E-state index in [4.69, 9.17) is 18.9 Å². The zero-order chi connectivity index (χ0) is 19.0. The molecule has 0 aromatic rings. The molecule has 5 heteroatoms. The van der Waals surface area contributed by atoms with Crippen molar-refractivity contribution in [2.24, 2.45) is 22.2 Å². The molecule has 154 valence electrons. The monoisotopic (exact) mass is 388 g/mol. The summed E-state index contributed by atoms with van der Waals surface area (Å²) in [6.45, 7) is 6.50. The minimum absolute atomic E-state index is 0.0394. The summed E-state index contributed by atoms with van der Waals surface area (Å²) < 4.78 is 24.1. The van der Waals surface area contributed by atoms with Crippen molar-refractivity contribution in [2.75, 3.05) is 39.6 Å². The van der Waals surface area contributed by atoms with Gasteiger partial charge in [0, 0.05) is 47.7 Å². The summed E-state index contributed by atoms with van der Waals surface area (Å²) in [6, 6.07) is 0. The number of carbonyl (C=O) groups excluding carboxylic acids is 1. The molecule has 6 aliphatic rings. The molecule has 0 radical (unpaired) electrons. The molecule has 0 aromatic carbocycles. The van der Waals surface area contributed by atoms with Crippen molar-refractivity contribution in [1.29, 1.82) is 0 Å². The van der Waals surface area contributed by atoms with Crippen LogP contribution in [0, 0.1) is 22.2 Å². The fraction of sp³-hybridized carbons (Fsp3) is 0.870. The van der Waals surface area contributed by atoms with Crippen molar-refractivity contribution in [1.82, 2.24) is 0 Å². The summed E-state index contributed by atoms with van der Waals surface area (Å²) in [5, 5.41) is 0. The summed E-state index contributed by atoms with van der Waals surface area (Å²) in [5.74, 6) is 0.503. The Morgan fingerprint density at radius 2 is 1.79 bits per heavy atom. The van der Waals surface area contributed by atoms with E-state index in [9.17, 15) is 4.79 Å². The Morgan fingerprint density at radius 3 is 2.57 bits per heavy atom. The number of ether oxygens (including phenoxy) is 4. The highest BCUT2D eigenvalue weighted by molar-refractivity contribution is 6.02. The summed E-state index contributed by atoms with van der Waals surface area (Å²) in [5.41, 5.74) is 2.81. The normalized spacial score (nSPS) is 47.3. The molecule has 3 saturated carbocycles. The predicted molar refractivity (Wildman–Crippen MR) is 102 cm³/mol. The first-order chi connectivity index (χ1) is 13.6. The van der Waals surface area contributed by atoms with Gasteiger partial charge in [-0.3, -0.25) is 4.79 Å². The van der Waals surface area contributed by atoms with Crippen LogP contribution < -0.4 is 0 Å². The molecule has 2 heterocycles. The molecule has 0 N–H and O–H groups in total. The van der Waals surface area contributed by atoms with Crippen molar-refractivity contribution in [3.05, 3.63) is 11.1 Å². The van der Waals surface area contributed by atoms with E-state index in [-0.39, 0.29) is 16.2 Å². The van der Waals surface area contributed by atoms with Crippen molar-refractivity contribution >= 4 is 5.78 Å². The quantitative estimate of drug-likeness (QED) is 0.637. The Hall–Kier alpha value is -0.750. The highest BCUT2D eigenvalue weighted by Crippen LogP contribution is 2.84. The first-order valence-electron chi connectivity index (χ1n) is 11.3. The maximum Gasteiger partial charge on any atom is 0.169 e. The molecule has 3 spiro atoms. The van der Waals surface area contributed by atoms with Gasteiger partial charge >= 0.3 is 0 Å². The molecular formula is C23H32O5. The van der Waals surface area contributed by atoms with E-state index in [2.05, 4.69) is 6.92 Å². The van der Waals surface area contributed by atoms with Crippen LogP contribution in [0.4, 0.5) is 0 Å². The molecule has 2 aliphatic heterocycles. The number of hydrogen-bond donors (Lipinski definition) is 0. The molecular weight excluding hydrogens is 356 g/mol. The topological polar surface area (TPSA) is 54.0 Å². The Labute approximate surface area is 167 Å². The Morgan fingerprint density at radius 1 is 0.964 bits per heavy atom. The molecule has 28 heavy (non-hydrogen) atoms. The number of rotatable bonds is 0. The maximum absolute atomic E-state index is 13.4. The molecule has 0 aromatic heterocycles. The van der Waals surface area contributed by atoms with Gasteiger partial charge in [0.2, 0.25) is 0 Å². The van der Waals surface area contributed by atoms with Gasteiger partial charge in [-0.15, -0.1) is 0 Å². The standard InChI is InChI=1S/C23H32O5/c1-20-13-17(24)19-16-4-5-22(27-11-12-28-22)14-21(16)6-7-23(19,21)18(20)3-2-8-25-9-10-26-15-20/h18H,2-15H2,1H3/t18-,20-,21?,23+/m1/s1. The summed E-state index contributed by atoms with van der Waals surface area (Å²) in [4.78, 5) is 13.4. The van der Waals surface area contributed by atoms with Crippen LogP contribution >= 0.6 is 0 Å². The zero-order valence-electron chi connectivity index (χ0n) is 17.0. The molecule has 0 amide bonds. The minimum atomic E-state index is -0.394. The van der Waals surface area contributed by atoms with Gasteiger partial charge < -0.3 is 18.9 Å². The highest BCUT2D eigenvalue weighted by atomic mass is 16.7. The van der Waals surface area contributed by atoms with Crippen molar-refractivity contribution in [2.45, 2.75) is 64.1 Å². The summed E-state index contributed by atoms with van der Waals surface area (Å²) in [7, 11) is 0. The number of allylic oxidation sites excluding steroid dienone is 2. The molecule has 5 fully saturated rings. The molecule has 2 saturated heterocycles. The van der Waals surface area contributed by atoms with Crippen LogP contribution in [0.15, 0.2) is 11.1 Å². The van der Waals surface area contributed by atoms with Crippen LogP contribution in [0.3, 0.4) is 0 Å². The Bertz CT molecular complexity index is 737. The van der Waals surface area contributed by atoms with Gasteiger partial charge in [-0.1, -0.05) is 12.5 Å². The average Bonchev–Trinajstić information content (AvgIpc) is 3.12. The fourth-order valence-electron chi connectivity index (χ4n) is 8.18. The van der Waals surface area contributed by atoms with Gasteiger partial charge in [0.25, 0.3) is 0 Å². The molecule has 0 bridgehead atoms. The first-order valence-corrected chi connectivity index (χ1v) is 11.3. The highest BCUT2D eigenvalue weighted by Gasteiger charge is 2.79. The van der Waals surface area contributed by atoms with Gasteiger partial charge in [0.1, 0.15) is 0 Å². The lowest BCUT2D eigenvalue weighted by atomic mass is 9.25. The Balaban J connectivity index is 1.43. The fourth-order valence-corrected chi connectivity index (χ4v) is 8.18. The molecule has 5 nitrogen and oxygen atoms in total. The van der Waals surface area contributed by atoms with Crippen LogP contribution in [0.1, 0.15) is 58.3 Å². The van der Waals surface area contributed by atoms with E-state index in [0.717, 1.165) is 45.1 Å². The van der Waals surface area contributed by atoms with Crippen molar-refractivity contribution < 1.29 is 23.7 Å². The number of ketones is 1. The molecule has 4 atom stereocenters. The lowest BCUT2D eigenvalue weighted by Gasteiger charge is -2.78. The molecule has 6 rings (SSSR count). The smallest absolute Gasteiger partial charge is 0.169 e. The van der Waals surface area contributed by atoms with Crippen LogP contribution in [0.2, 0.25) is 0 Å². The van der Waals surface area contributed by atoms with Crippen molar-refractivity contribution in [3.63, 3.8) is 0 Å². The van der Waals surface area contributed by atoms with E-state index < -0.39 is 5.79 Å². The SMILES string of the molecule is C[C@@]12COCCOCCC[C@H]1[C@]13CCC14CC1(CCC4=C3C(=O)C2)OCCO1. The third-order valence-corrected chi connectivity index (χ3v) is 9.13. The number of hydrogen-bond acceptors (Lipinski definition) is 5. The van der Waals surface area contributed by atoms with Crippen molar-refractivity contribution in [3.8, 4) is 0 Å². The second-order valence-electron chi connectivity index (χ2n) is 10.3. The third kappa shape index (κ3) is 2.04. The molecule has 1 unspecified atom stereocenters. The Kier molecular flexibility index (Phi) is 3.81. The van der Waals surface area contributed by atoms with Gasteiger partial charge in [-0.2, -0.15) is 0 Å². The van der Waals surface area contributed by atoms with Crippen LogP contribution in [0.5, 0.6) is 0 Å². The van der Waals surface area contributed by atoms with Gasteiger partial charge in [-0.25, -0.2) is 0 Å². The van der Waals surface area contributed by atoms with Gasteiger partial charge in [0.15, 0.2) is 11.6 Å². The van der Waals surface area contributed by atoms with E-state index in [0.29, 0.717) is 51.2 Å². The minimum Gasteiger partial charge on any atom is -0.379 e. The van der Waals surface area contributed by atoms with Crippen LogP contribution in [-0.2, 0) is 23.7 Å². The van der Waals surface area contributed by atoms with Gasteiger partial charge in [0.05, 0.1) is 33.0 Å². The second-order valence-corrected chi connectivity index (χ2v) is 10.3. The van der Waals surface area contributed by atoms with Crippen LogP contribution in [-0.4, -0.2) is 51.2 Å². The molecule has 4 aliphatic carbocycles. The van der Waals surface area contributed by atoms with E-state index in [1.165, 1.54) is 17.6 Å². The summed E-state index contributed by atoms with van der Waals surface area (Å²) >= 11 is 0. The first kappa shape index (κ1) is 18.1. The number of fused-ring (bicyclic) bond motifs is 1. The lowest BCUT2D eigenvalue weighted by Crippen LogP contribution is -2.73. The second kappa shape index (κ2) is 5.90. The van der Waals surface area contributed by atoms with E-state index in [1.54, 1.807) is 0 Å². The zero-order valence-corrected chi connectivity index (χ0v) is 17.0. The average molecular weight is 389 g/mol. The number of Topliss-reactive ketones (excluding diaryl/α,β-unsaturated/α-hetero) is 1. The summed E-state index contributed by atoms with van der Waals surface area (Å²) in [6.07, 6.45) is 8.03. The van der Waals surface area contributed by atoms with E-state index in [1.807, 2.05) is 0 Å². The largest absolute Gasteiger partial charge is 0.379 e. The predicted octanol–water partition coefficient (Wildman–Crippen LogP) is 3.41. The van der Waals surface area contributed by atoms with Gasteiger partial charge in [-0.05, 0) is 38.0 Å². The van der Waals surface area contributed by atoms with E-state index >= 15 is 0 Å². The van der Waals surface area contributed by atoms with Crippen LogP contribution in [0.25, 0.3) is 0 Å². The third-order valence-electron chi connectivity index (χ3n) is 9.13. The lowest BCUT2D eigenvalue weighted by molar-refractivity contribution is -0.260.